The van der Waals surface area contributed by atoms with Gasteiger partial charge in [-0.1, -0.05) is 109 Å². The van der Waals surface area contributed by atoms with Gasteiger partial charge in [0, 0.05) is 0 Å². The van der Waals surface area contributed by atoms with E-state index in [4.69, 9.17) is 0 Å². The number of nitriles is 1. The van der Waals surface area contributed by atoms with Crippen LogP contribution in [0.4, 0.5) is 0 Å². The average molecular weight is 592 g/mol. The molecule has 208 valence electrons. The fraction of sp³-hybridized carbons (Fsp3) is 0.0750. The Morgan fingerprint density at radius 3 is 0.907 bits per heavy atom. The van der Waals surface area contributed by atoms with Gasteiger partial charge in [-0.05, 0) is 72.8 Å². The molecule has 0 aromatic heterocycles. The van der Waals surface area contributed by atoms with Crippen molar-refractivity contribution in [1.82, 2.24) is 0 Å². The molecule has 43 heavy (non-hydrogen) atoms. The van der Waals surface area contributed by atoms with Gasteiger partial charge in [-0.3, -0.25) is 0 Å². The van der Waals surface area contributed by atoms with Crippen molar-refractivity contribution in [1.29, 1.82) is 5.26 Å². The van der Waals surface area contributed by atoms with Gasteiger partial charge in [0.25, 0.3) is 0 Å². The third kappa shape index (κ3) is 5.46. The standard InChI is InChI=1S/C40H35NP2/c41-32-31-40(43(37-25-13-4-14-26-37,38-27-15-5-16-28-38)39-29-17-6-18-30-39)33-42(34-19-7-1-8-20-34,35-21-9-2-10-22-35)36-23-11-3-12-24-36/h1-30,40H,31,33H2/q+2. The average Bonchev–Trinajstić information content (AvgIpc) is 3.10. The highest BCUT2D eigenvalue weighted by Gasteiger charge is 2.59. The minimum absolute atomic E-state index is 0.0682. The zero-order chi connectivity index (χ0) is 29.4. The Morgan fingerprint density at radius 2 is 0.651 bits per heavy atom. The van der Waals surface area contributed by atoms with E-state index in [9.17, 15) is 5.26 Å². The summed E-state index contributed by atoms with van der Waals surface area (Å²) in [5.74, 6) is 0. The van der Waals surface area contributed by atoms with E-state index in [1.807, 2.05) is 0 Å². The molecule has 6 rings (SSSR count). The van der Waals surface area contributed by atoms with Gasteiger partial charge in [0.2, 0.25) is 0 Å². The lowest BCUT2D eigenvalue weighted by Gasteiger charge is -2.37. The zero-order valence-electron chi connectivity index (χ0n) is 24.2. The fourth-order valence-corrected chi connectivity index (χ4v) is 17.1. The van der Waals surface area contributed by atoms with Crippen LogP contribution in [0.5, 0.6) is 0 Å². The Balaban J connectivity index is 1.71. The van der Waals surface area contributed by atoms with E-state index in [2.05, 4.69) is 188 Å². The SMILES string of the molecule is N#CCC(C[P+](c1ccccc1)(c1ccccc1)c1ccccc1)[P+](c1ccccc1)(c1ccccc1)c1ccccc1. The van der Waals surface area contributed by atoms with E-state index in [0.29, 0.717) is 6.42 Å². The van der Waals surface area contributed by atoms with Crippen LogP contribution in [-0.4, -0.2) is 11.8 Å². The van der Waals surface area contributed by atoms with E-state index in [1.54, 1.807) is 0 Å². The summed E-state index contributed by atoms with van der Waals surface area (Å²) in [5.41, 5.74) is 0.0682. The van der Waals surface area contributed by atoms with Crippen molar-refractivity contribution >= 4 is 46.4 Å². The highest BCUT2D eigenvalue weighted by Crippen LogP contribution is 2.67. The summed E-state index contributed by atoms with van der Waals surface area (Å²) < 4.78 is 0. The normalized spacial score (nSPS) is 12.3. The van der Waals surface area contributed by atoms with E-state index >= 15 is 0 Å². The maximum absolute atomic E-state index is 10.6. The minimum Gasteiger partial charge on any atom is -0.198 e. The van der Waals surface area contributed by atoms with Crippen LogP contribution in [0.3, 0.4) is 0 Å². The lowest BCUT2D eigenvalue weighted by molar-refractivity contribution is 0.981. The molecule has 1 atom stereocenters. The molecule has 0 bridgehead atoms. The predicted molar refractivity (Wildman–Crippen MR) is 189 cm³/mol. The third-order valence-electron chi connectivity index (χ3n) is 8.44. The second kappa shape index (κ2) is 13.3. The highest BCUT2D eigenvalue weighted by molar-refractivity contribution is 7.99. The Kier molecular flexibility index (Phi) is 8.91. The zero-order valence-corrected chi connectivity index (χ0v) is 25.9. The maximum atomic E-state index is 10.6. The number of hydrogen-bond donors (Lipinski definition) is 0. The van der Waals surface area contributed by atoms with Gasteiger partial charge in [-0.15, -0.1) is 0 Å². The molecule has 0 N–H and O–H groups in total. The smallest absolute Gasteiger partial charge is 0.131 e. The monoisotopic (exact) mass is 591 g/mol. The number of hydrogen-bond acceptors (Lipinski definition) is 1. The van der Waals surface area contributed by atoms with Crippen LogP contribution in [0.25, 0.3) is 0 Å². The highest BCUT2D eigenvalue weighted by atomic mass is 31.2. The second-order valence-corrected chi connectivity index (χ2v) is 18.0. The summed E-state index contributed by atoms with van der Waals surface area (Å²) in [6, 6.07) is 69.0. The maximum Gasteiger partial charge on any atom is 0.131 e. The van der Waals surface area contributed by atoms with Gasteiger partial charge < -0.3 is 0 Å². The summed E-state index contributed by atoms with van der Waals surface area (Å²) in [6.07, 6.45) is 1.34. The minimum atomic E-state index is -2.33. The first kappa shape index (κ1) is 28.8. The first-order valence-corrected chi connectivity index (χ1v) is 18.6. The molecule has 6 aromatic carbocycles. The van der Waals surface area contributed by atoms with Crippen molar-refractivity contribution in [2.45, 2.75) is 12.1 Å². The molecule has 0 aliphatic heterocycles. The number of benzene rings is 6. The van der Waals surface area contributed by atoms with Crippen LogP contribution in [-0.2, 0) is 0 Å². The van der Waals surface area contributed by atoms with E-state index < -0.39 is 14.5 Å². The van der Waals surface area contributed by atoms with E-state index in [1.165, 1.54) is 31.8 Å². The quantitative estimate of drug-likeness (QED) is 0.154. The molecule has 0 radical (unpaired) electrons. The second-order valence-electron chi connectivity index (χ2n) is 10.7. The van der Waals surface area contributed by atoms with Gasteiger partial charge in [0.15, 0.2) is 0 Å². The first-order valence-electron chi connectivity index (χ1n) is 14.8. The van der Waals surface area contributed by atoms with Crippen molar-refractivity contribution in [2.24, 2.45) is 0 Å². The Morgan fingerprint density at radius 1 is 0.395 bits per heavy atom. The number of nitrogens with zero attached hydrogens (tertiary/aromatic N) is 1. The lowest BCUT2D eigenvalue weighted by Crippen LogP contribution is -2.44. The molecule has 0 spiro atoms. The third-order valence-corrected chi connectivity index (χ3v) is 18.1. The predicted octanol–water partition coefficient (Wildman–Crippen LogP) is 7.26. The van der Waals surface area contributed by atoms with E-state index in [-0.39, 0.29) is 5.66 Å². The van der Waals surface area contributed by atoms with Gasteiger partial charge in [0.05, 0.1) is 12.5 Å². The summed E-state index contributed by atoms with van der Waals surface area (Å²) in [7, 11) is -4.55. The van der Waals surface area contributed by atoms with Crippen molar-refractivity contribution in [3.8, 4) is 6.07 Å². The van der Waals surface area contributed by atoms with Crippen LogP contribution in [0.1, 0.15) is 6.42 Å². The Hall–Kier alpha value is -4.33. The van der Waals surface area contributed by atoms with Crippen molar-refractivity contribution in [3.05, 3.63) is 182 Å². The van der Waals surface area contributed by atoms with Crippen LogP contribution in [0, 0.1) is 11.3 Å². The van der Waals surface area contributed by atoms with Gasteiger partial charge >= 0.3 is 0 Å². The molecule has 1 unspecified atom stereocenters. The van der Waals surface area contributed by atoms with Crippen LogP contribution >= 0.6 is 14.5 Å². The molecule has 0 saturated carbocycles. The summed E-state index contributed by atoms with van der Waals surface area (Å²) in [4.78, 5) is 0. The summed E-state index contributed by atoms with van der Waals surface area (Å²) in [5, 5.41) is 18.6. The largest absolute Gasteiger partial charge is 0.198 e. The molecular formula is C40H35NP2+2. The molecule has 0 heterocycles. The van der Waals surface area contributed by atoms with Crippen molar-refractivity contribution in [2.75, 3.05) is 6.16 Å². The topological polar surface area (TPSA) is 23.8 Å². The summed E-state index contributed by atoms with van der Waals surface area (Å²) in [6.45, 7) is 0. The first-order chi connectivity index (χ1) is 21.3. The molecule has 1 nitrogen and oxygen atoms in total. The lowest BCUT2D eigenvalue weighted by atomic mass is 10.3. The van der Waals surface area contributed by atoms with Crippen molar-refractivity contribution < 1.29 is 0 Å². The van der Waals surface area contributed by atoms with E-state index in [0.717, 1.165) is 6.16 Å². The Bertz CT molecular complexity index is 1560. The molecule has 6 aromatic rings. The molecule has 0 aliphatic rings. The van der Waals surface area contributed by atoms with Gasteiger partial charge in [0.1, 0.15) is 58.2 Å². The molecule has 0 amide bonds. The van der Waals surface area contributed by atoms with Gasteiger partial charge in [-0.2, -0.15) is 5.26 Å². The van der Waals surface area contributed by atoms with Crippen LogP contribution in [0.2, 0.25) is 0 Å². The number of rotatable bonds is 10. The molecule has 0 aliphatic carbocycles. The molecular weight excluding hydrogens is 556 g/mol. The molecule has 0 saturated heterocycles. The van der Waals surface area contributed by atoms with Crippen LogP contribution < -0.4 is 31.8 Å². The van der Waals surface area contributed by atoms with Crippen LogP contribution in [0.15, 0.2) is 182 Å². The summed E-state index contributed by atoms with van der Waals surface area (Å²) >= 11 is 0. The van der Waals surface area contributed by atoms with Crippen molar-refractivity contribution in [3.63, 3.8) is 0 Å². The molecule has 0 fully saturated rings. The molecule has 3 heteroatoms. The Labute approximate surface area is 257 Å². The van der Waals surface area contributed by atoms with Gasteiger partial charge in [-0.25, -0.2) is 0 Å². The fourth-order valence-electron chi connectivity index (χ4n) is 6.63.